The summed E-state index contributed by atoms with van der Waals surface area (Å²) in [5.74, 6) is -0.282. The number of hydrogen-bond acceptors (Lipinski definition) is 5. The van der Waals surface area contributed by atoms with Gasteiger partial charge in [-0.25, -0.2) is 10.4 Å². The quantitative estimate of drug-likeness (QED) is 0.123. The SMILES string of the molecule is O=C(CSc1nc2ccccc2c(=O)n1-c1ccc(Cl)cc1)N/N=C\c1ccc(-c2ccccc2)cc1. The maximum absolute atomic E-state index is 13.3. The van der Waals surface area contributed by atoms with Crippen molar-refractivity contribution in [1.29, 1.82) is 0 Å². The first-order valence-electron chi connectivity index (χ1n) is 11.5. The van der Waals surface area contributed by atoms with Crippen molar-refractivity contribution in [3.8, 4) is 16.8 Å². The van der Waals surface area contributed by atoms with Gasteiger partial charge in [-0.1, -0.05) is 90.1 Å². The van der Waals surface area contributed by atoms with Gasteiger partial charge in [0.2, 0.25) is 0 Å². The lowest BCUT2D eigenvalue weighted by atomic mass is 10.0. The Bertz CT molecular complexity index is 1630. The van der Waals surface area contributed by atoms with Gasteiger partial charge in [0.05, 0.1) is 28.6 Å². The summed E-state index contributed by atoms with van der Waals surface area (Å²) in [5.41, 5.74) is 6.61. The van der Waals surface area contributed by atoms with E-state index in [0.29, 0.717) is 26.8 Å². The molecule has 0 bridgehead atoms. The van der Waals surface area contributed by atoms with Crippen molar-refractivity contribution in [3.05, 3.63) is 124 Å². The molecular formula is C29H21ClN4O2S. The number of nitrogens with zero attached hydrogens (tertiary/aromatic N) is 3. The number of halogens is 1. The Hall–Kier alpha value is -4.20. The predicted molar refractivity (Wildman–Crippen MR) is 151 cm³/mol. The molecule has 1 N–H and O–H groups in total. The number of rotatable bonds is 7. The molecule has 1 amide bonds. The number of amides is 1. The molecule has 0 radical (unpaired) electrons. The number of para-hydroxylation sites is 1. The number of benzene rings is 4. The minimum absolute atomic E-state index is 0.0304. The van der Waals surface area contributed by atoms with Crippen LogP contribution >= 0.6 is 23.4 Å². The summed E-state index contributed by atoms with van der Waals surface area (Å²) in [6.07, 6.45) is 1.59. The van der Waals surface area contributed by atoms with Crippen LogP contribution in [0.15, 0.2) is 118 Å². The molecule has 0 aliphatic carbocycles. The fraction of sp³-hybridized carbons (Fsp3) is 0.0345. The molecule has 0 saturated heterocycles. The molecule has 0 saturated carbocycles. The van der Waals surface area contributed by atoms with Crippen LogP contribution in [0, 0.1) is 0 Å². The molecule has 0 unspecified atom stereocenters. The zero-order valence-electron chi connectivity index (χ0n) is 19.5. The third kappa shape index (κ3) is 5.80. The van der Waals surface area contributed by atoms with Gasteiger partial charge in [-0.15, -0.1) is 0 Å². The molecule has 0 aliphatic rings. The smallest absolute Gasteiger partial charge is 0.266 e. The topological polar surface area (TPSA) is 76.3 Å². The first-order chi connectivity index (χ1) is 18.1. The van der Waals surface area contributed by atoms with E-state index in [0.717, 1.165) is 28.5 Å². The molecule has 0 aliphatic heterocycles. The average Bonchev–Trinajstić information content (AvgIpc) is 2.94. The van der Waals surface area contributed by atoms with E-state index in [9.17, 15) is 9.59 Å². The molecule has 5 aromatic rings. The summed E-state index contributed by atoms with van der Waals surface area (Å²) < 4.78 is 1.49. The fourth-order valence-corrected chi connectivity index (χ4v) is 4.69. The van der Waals surface area contributed by atoms with E-state index in [4.69, 9.17) is 11.6 Å². The Morgan fingerprint density at radius 2 is 1.57 bits per heavy atom. The molecule has 5 rings (SSSR count). The monoisotopic (exact) mass is 524 g/mol. The summed E-state index contributed by atoms with van der Waals surface area (Å²) >= 11 is 7.19. The molecule has 1 heterocycles. The van der Waals surface area contributed by atoms with Gasteiger partial charge in [0.25, 0.3) is 11.5 Å². The molecule has 182 valence electrons. The maximum Gasteiger partial charge on any atom is 0.266 e. The Kier molecular flexibility index (Phi) is 7.44. The molecular weight excluding hydrogens is 504 g/mol. The van der Waals surface area contributed by atoms with Crippen molar-refractivity contribution >= 4 is 46.4 Å². The second kappa shape index (κ2) is 11.2. The third-order valence-corrected chi connectivity index (χ3v) is 6.77. The number of carbonyl (C=O) groups excluding carboxylic acids is 1. The standard InChI is InChI=1S/C29H21ClN4O2S/c30-23-14-16-24(17-15-23)34-28(36)25-8-4-5-9-26(25)32-29(34)37-19-27(35)33-31-18-20-10-12-22(13-11-20)21-6-2-1-3-7-21/h1-18H,19H2,(H,33,35)/b31-18-. The maximum atomic E-state index is 13.3. The van der Waals surface area contributed by atoms with E-state index >= 15 is 0 Å². The van der Waals surface area contributed by atoms with Crippen LogP contribution in [0.5, 0.6) is 0 Å². The lowest BCUT2D eigenvalue weighted by Gasteiger charge is -2.13. The lowest BCUT2D eigenvalue weighted by Crippen LogP contribution is -2.24. The van der Waals surface area contributed by atoms with Crippen LogP contribution < -0.4 is 11.0 Å². The van der Waals surface area contributed by atoms with Crippen LogP contribution in [0.1, 0.15) is 5.56 Å². The predicted octanol–water partition coefficient (Wildman–Crippen LogP) is 5.95. The Morgan fingerprint density at radius 3 is 2.32 bits per heavy atom. The highest BCUT2D eigenvalue weighted by Crippen LogP contribution is 2.22. The summed E-state index contributed by atoms with van der Waals surface area (Å²) in [7, 11) is 0. The van der Waals surface area contributed by atoms with Crippen LogP contribution in [-0.2, 0) is 4.79 Å². The van der Waals surface area contributed by atoms with Crippen molar-refractivity contribution in [1.82, 2.24) is 15.0 Å². The molecule has 8 heteroatoms. The van der Waals surface area contributed by atoms with Gasteiger partial charge in [0.15, 0.2) is 5.16 Å². The van der Waals surface area contributed by atoms with Crippen LogP contribution in [0.3, 0.4) is 0 Å². The van der Waals surface area contributed by atoms with Gasteiger partial charge < -0.3 is 0 Å². The zero-order chi connectivity index (χ0) is 25.6. The van der Waals surface area contributed by atoms with Crippen LogP contribution in [0.25, 0.3) is 27.7 Å². The van der Waals surface area contributed by atoms with Crippen molar-refractivity contribution in [2.75, 3.05) is 5.75 Å². The van der Waals surface area contributed by atoms with Crippen molar-refractivity contribution in [2.45, 2.75) is 5.16 Å². The molecule has 0 fully saturated rings. The number of thioether (sulfide) groups is 1. The van der Waals surface area contributed by atoms with E-state index < -0.39 is 0 Å². The normalized spacial score (nSPS) is 11.2. The minimum atomic E-state index is -0.313. The molecule has 0 spiro atoms. The Labute approximate surface area is 222 Å². The van der Waals surface area contributed by atoms with Gasteiger partial charge in [-0.2, -0.15) is 5.10 Å². The van der Waals surface area contributed by atoms with Crippen LogP contribution in [-0.4, -0.2) is 27.4 Å². The minimum Gasteiger partial charge on any atom is -0.272 e. The van der Waals surface area contributed by atoms with Crippen molar-refractivity contribution < 1.29 is 4.79 Å². The van der Waals surface area contributed by atoms with Gasteiger partial charge in [0, 0.05) is 5.02 Å². The molecule has 1 aromatic heterocycles. The van der Waals surface area contributed by atoms with Gasteiger partial charge in [0.1, 0.15) is 0 Å². The highest BCUT2D eigenvalue weighted by molar-refractivity contribution is 7.99. The van der Waals surface area contributed by atoms with Gasteiger partial charge in [-0.05, 0) is 53.1 Å². The van der Waals surface area contributed by atoms with E-state index in [1.807, 2.05) is 48.5 Å². The van der Waals surface area contributed by atoms with E-state index in [1.54, 1.807) is 48.7 Å². The Balaban J connectivity index is 1.29. The number of fused-ring (bicyclic) bond motifs is 1. The number of nitrogens with one attached hydrogen (secondary N) is 1. The Morgan fingerprint density at radius 1 is 0.892 bits per heavy atom. The first kappa shape index (κ1) is 24.5. The second-order valence-electron chi connectivity index (χ2n) is 8.10. The number of hydrazone groups is 1. The van der Waals surface area contributed by atoms with E-state index in [2.05, 4.69) is 27.6 Å². The highest BCUT2D eigenvalue weighted by Gasteiger charge is 2.14. The highest BCUT2D eigenvalue weighted by atomic mass is 35.5. The summed E-state index contributed by atoms with van der Waals surface area (Å²) in [6, 6.07) is 32.0. The van der Waals surface area contributed by atoms with E-state index in [-0.39, 0.29) is 17.2 Å². The lowest BCUT2D eigenvalue weighted by molar-refractivity contribution is -0.118. The summed E-state index contributed by atoms with van der Waals surface area (Å²) in [6.45, 7) is 0. The largest absolute Gasteiger partial charge is 0.272 e. The average molecular weight is 525 g/mol. The number of hydrogen-bond donors (Lipinski definition) is 1. The summed E-state index contributed by atoms with van der Waals surface area (Å²) in [4.78, 5) is 30.4. The second-order valence-corrected chi connectivity index (χ2v) is 9.48. The summed E-state index contributed by atoms with van der Waals surface area (Å²) in [5, 5.41) is 5.53. The molecule has 37 heavy (non-hydrogen) atoms. The number of carbonyl (C=O) groups is 1. The van der Waals surface area contributed by atoms with Gasteiger partial charge in [-0.3, -0.25) is 14.2 Å². The first-order valence-corrected chi connectivity index (χ1v) is 12.8. The molecule has 6 nitrogen and oxygen atoms in total. The van der Waals surface area contributed by atoms with E-state index in [1.165, 1.54) is 4.57 Å². The third-order valence-electron chi connectivity index (χ3n) is 5.58. The molecule has 0 atom stereocenters. The van der Waals surface area contributed by atoms with Gasteiger partial charge >= 0.3 is 0 Å². The van der Waals surface area contributed by atoms with Crippen molar-refractivity contribution in [3.63, 3.8) is 0 Å². The van der Waals surface area contributed by atoms with Crippen molar-refractivity contribution in [2.24, 2.45) is 5.10 Å². The number of aromatic nitrogens is 2. The van der Waals surface area contributed by atoms with Crippen LogP contribution in [0.4, 0.5) is 0 Å². The van der Waals surface area contributed by atoms with Crippen LogP contribution in [0.2, 0.25) is 5.02 Å². The fourth-order valence-electron chi connectivity index (χ4n) is 3.76. The zero-order valence-corrected chi connectivity index (χ0v) is 21.1. The molecule has 4 aromatic carbocycles.